The summed E-state index contributed by atoms with van der Waals surface area (Å²) in [7, 11) is 0. The normalized spacial score (nSPS) is 13.0. The Morgan fingerprint density at radius 3 is 1.94 bits per heavy atom. The fourth-order valence-electron chi connectivity index (χ4n) is 7.76. The van der Waals surface area contributed by atoms with Crippen LogP contribution in [0.1, 0.15) is 34.0 Å². The van der Waals surface area contributed by atoms with Crippen LogP contribution in [-0.2, 0) is 12.8 Å². The van der Waals surface area contributed by atoms with E-state index in [0.717, 1.165) is 35.4 Å². The first-order chi connectivity index (χ1) is 24.3. The highest BCUT2D eigenvalue weighted by Crippen LogP contribution is 2.50. The lowest BCUT2D eigenvalue weighted by Gasteiger charge is -2.20. The fraction of sp³-hybridized carbons (Fsp3) is 0.0652. The molecule has 0 saturated carbocycles. The van der Waals surface area contributed by atoms with Crippen molar-refractivity contribution in [2.75, 3.05) is 0 Å². The monoisotopic (exact) mass is 629 g/mol. The zero-order chi connectivity index (χ0) is 32.7. The first kappa shape index (κ1) is 29.0. The zero-order valence-corrected chi connectivity index (χ0v) is 27.2. The van der Waals surface area contributed by atoms with Gasteiger partial charge in [-0.3, -0.25) is 4.99 Å². The van der Waals surface area contributed by atoms with Crippen LogP contribution < -0.4 is 5.32 Å². The predicted octanol–water partition coefficient (Wildman–Crippen LogP) is 11.1. The van der Waals surface area contributed by atoms with Gasteiger partial charge in [-0.2, -0.15) is 0 Å². The van der Waals surface area contributed by atoms with Crippen molar-refractivity contribution in [1.29, 1.82) is 0 Å². The SMILES string of the molecule is C=NC(N/C(=C\Cc1ccccc1)c1ccc(-n2c3c(c4ccccc42)Cc2c-3c3ccccc3c3ccccc23)cc1)c1ccccc1. The summed E-state index contributed by atoms with van der Waals surface area (Å²) in [6.07, 6.45) is 3.73. The van der Waals surface area contributed by atoms with Gasteiger partial charge in [0.1, 0.15) is 6.17 Å². The van der Waals surface area contributed by atoms with Gasteiger partial charge in [0.25, 0.3) is 0 Å². The van der Waals surface area contributed by atoms with E-state index >= 15 is 0 Å². The maximum atomic E-state index is 4.47. The van der Waals surface area contributed by atoms with Crippen LogP contribution in [0.3, 0.4) is 0 Å². The second-order valence-electron chi connectivity index (χ2n) is 12.8. The van der Waals surface area contributed by atoms with Gasteiger partial charge in [0, 0.05) is 28.8 Å². The lowest BCUT2D eigenvalue weighted by Crippen LogP contribution is -2.18. The van der Waals surface area contributed by atoms with Crippen molar-refractivity contribution in [2.45, 2.75) is 19.0 Å². The molecule has 0 aliphatic heterocycles. The first-order valence-corrected chi connectivity index (χ1v) is 17.0. The summed E-state index contributed by atoms with van der Waals surface area (Å²) in [6.45, 7) is 3.93. The maximum absolute atomic E-state index is 4.47. The molecule has 3 nitrogen and oxygen atoms in total. The molecule has 1 aromatic heterocycles. The van der Waals surface area contributed by atoms with E-state index in [9.17, 15) is 0 Å². The van der Waals surface area contributed by atoms with Crippen LogP contribution in [0.5, 0.6) is 0 Å². The van der Waals surface area contributed by atoms with E-state index < -0.39 is 0 Å². The number of para-hydroxylation sites is 1. The molecule has 9 rings (SSSR count). The molecule has 1 atom stereocenters. The van der Waals surface area contributed by atoms with Gasteiger partial charge in [0.2, 0.25) is 0 Å². The maximum Gasteiger partial charge on any atom is 0.143 e. The van der Waals surface area contributed by atoms with Crippen LogP contribution in [0.15, 0.2) is 169 Å². The summed E-state index contributed by atoms with van der Waals surface area (Å²) in [5.41, 5.74) is 12.4. The lowest BCUT2D eigenvalue weighted by atomic mass is 9.92. The smallest absolute Gasteiger partial charge is 0.143 e. The number of benzene rings is 7. The van der Waals surface area contributed by atoms with Crippen molar-refractivity contribution in [1.82, 2.24) is 9.88 Å². The molecule has 1 N–H and O–H groups in total. The van der Waals surface area contributed by atoms with Crippen LogP contribution >= 0.6 is 0 Å². The van der Waals surface area contributed by atoms with E-state index in [4.69, 9.17) is 0 Å². The summed E-state index contributed by atoms with van der Waals surface area (Å²) < 4.78 is 2.49. The second kappa shape index (κ2) is 12.1. The van der Waals surface area contributed by atoms with Crippen LogP contribution in [0.2, 0.25) is 0 Å². The molecule has 49 heavy (non-hydrogen) atoms. The Bertz CT molecular complexity index is 2520. The van der Waals surface area contributed by atoms with E-state index in [0.29, 0.717) is 0 Å². The third kappa shape index (κ3) is 4.94. The van der Waals surface area contributed by atoms with Gasteiger partial charge in [-0.1, -0.05) is 146 Å². The van der Waals surface area contributed by atoms with Gasteiger partial charge in [-0.25, -0.2) is 0 Å². The second-order valence-corrected chi connectivity index (χ2v) is 12.8. The summed E-state index contributed by atoms with van der Waals surface area (Å²) in [5.74, 6) is 0. The molecule has 0 bridgehead atoms. The highest BCUT2D eigenvalue weighted by Gasteiger charge is 2.30. The minimum Gasteiger partial charge on any atom is -0.360 e. The highest BCUT2D eigenvalue weighted by molar-refractivity contribution is 6.18. The summed E-state index contributed by atoms with van der Waals surface area (Å²) in [5, 5.41) is 10.3. The average molecular weight is 630 g/mol. The number of rotatable bonds is 8. The Hall–Kier alpha value is -6.19. The van der Waals surface area contributed by atoms with E-state index in [1.54, 1.807) is 0 Å². The molecule has 0 amide bonds. The van der Waals surface area contributed by atoms with E-state index in [1.165, 1.54) is 60.4 Å². The number of hydrogen-bond acceptors (Lipinski definition) is 2. The quantitative estimate of drug-likeness (QED) is 0.132. The van der Waals surface area contributed by atoms with Crippen molar-refractivity contribution >= 4 is 44.9 Å². The van der Waals surface area contributed by atoms with Crippen LogP contribution in [0.4, 0.5) is 0 Å². The van der Waals surface area contributed by atoms with Crippen molar-refractivity contribution in [3.05, 3.63) is 192 Å². The van der Waals surface area contributed by atoms with E-state index in [2.05, 4.69) is 167 Å². The van der Waals surface area contributed by atoms with Crippen molar-refractivity contribution in [3.8, 4) is 16.9 Å². The number of aromatic nitrogens is 1. The number of fused-ring (bicyclic) bond motifs is 10. The Labute approximate surface area is 286 Å². The molecule has 8 aromatic rings. The third-order valence-electron chi connectivity index (χ3n) is 10.0. The van der Waals surface area contributed by atoms with Gasteiger partial charge >= 0.3 is 0 Å². The Balaban J connectivity index is 1.19. The molecule has 0 radical (unpaired) electrons. The van der Waals surface area contributed by atoms with E-state index in [-0.39, 0.29) is 6.17 Å². The molecular weight excluding hydrogens is 595 g/mol. The molecular formula is C46H35N3. The summed E-state index contributed by atoms with van der Waals surface area (Å²) >= 11 is 0. The number of nitrogens with zero attached hydrogens (tertiary/aromatic N) is 2. The van der Waals surface area contributed by atoms with Gasteiger partial charge in [0.05, 0.1) is 11.2 Å². The lowest BCUT2D eigenvalue weighted by molar-refractivity contribution is 0.673. The molecule has 3 heteroatoms. The van der Waals surface area contributed by atoms with Crippen LogP contribution in [0, 0.1) is 0 Å². The molecule has 234 valence electrons. The fourth-order valence-corrected chi connectivity index (χ4v) is 7.76. The third-order valence-corrected chi connectivity index (χ3v) is 10.0. The van der Waals surface area contributed by atoms with Crippen molar-refractivity contribution in [2.24, 2.45) is 4.99 Å². The molecule has 1 heterocycles. The minimum atomic E-state index is -0.265. The van der Waals surface area contributed by atoms with Gasteiger partial charge < -0.3 is 9.88 Å². The first-order valence-electron chi connectivity index (χ1n) is 17.0. The number of hydrogen-bond donors (Lipinski definition) is 1. The zero-order valence-electron chi connectivity index (χ0n) is 27.2. The largest absolute Gasteiger partial charge is 0.360 e. The van der Waals surface area contributed by atoms with E-state index in [1.807, 2.05) is 18.2 Å². The minimum absolute atomic E-state index is 0.265. The van der Waals surface area contributed by atoms with Crippen LogP contribution in [-0.4, -0.2) is 11.3 Å². The van der Waals surface area contributed by atoms with Gasteiger partial charge in [0.15, 0.2) is 0 Å². The Kier molecular flexibility index (Phi) is 7.17. The summed E-state index contributed by atoms with van der Waals surface area (Å²) in [6, 6.07) is 56.5. The van der Waals surface area contributed by atoms with Crippen molar-refractivity contribution in [3.63, 3.8) is 0 Å². The Morgan fingerprint density at radius 2 is 1.22 bits per heavy atom. The molecule has 0 saturated heterocycles. The topological polar surface area (TPSA) is 29.3 Å². The highest BCUT2D eigenvalue weighted by atomic mass is 15.1. The molecule has 1 unspecified atom stereocenters. The number of allylic oxidation sites excluding steroid dienone is 1. The molecule has 7 aromatic carbocycles. The number of aliphatic imine (C=N–C) groups is 1. The summed E-state index contributed by atoms with van der Waals surface area (Å²) in [4.78, 5) is 4.47. The van der Waals surface area contributed by atoms with Crippen molar-refractivity contribution < 1.29 is 0 Å². The Morgan fingerprint density at radius 1 is 0.633 bits per heavy atom. The standard InChI is InChI=1S/C46H35N3/c1-47-46(33-16-6-3-7-17-33)48-42(29-24-31-14-4-2-5-15-31)32-25-27-34(28-26-32)49-43-23-13-12-21-38(43)41-30-40-37-20-9-8-18-35(37)36-19-10-11-22-39(36)44(40)45(41)49/h2-23,25-29,46,48H,1,24,30H2/b42-29-. The molecule has 0 spiro atoms. The van der Waals surface area contributed by atoms with Gasteiger partial charge in [-0.05, 0) is 80.7 Å². The predicted molar refractivity (Wildman–Crippen MR) is 207 cm³/mol. The number of nitrogens with one attached hydrogen (secondary N) is 1. The average Bonchev–Trinajstić information content (AvgIpc) is 3.72. The van der Waals surface area contributed by atoms with Gasteiger partial charge in [-0.15, -0.1) is 0 Å². The molecule has 1 aliphatic rings. The molecule has 0 fully saturated rings. The molecule has 1 aliphatic carbocycles. The van der Waals surface area contributed by atoms with Crippen LogP contribution in [0.25, 0.3) is 55.1 Å².